The van der Waals surface area contributed by atoms with Gasteiger partial charge in [0.15, 0.2) is 0 Å². The third-order valence-electron chi connectivity index (χ3n) is 4.41. The summed E-state index contributed by atoms with van der Waals surface area (Å²) in [7, 11) is 0. The van der Waals surface area contributed by atoms with Gasteiger partial charge in [0.2, 0.25) is 0 Å². The van der Waals surface area contributed by atoms with Crippen LogP contribution in [0, 0.1) is 25.2 Å². The highest BCUT2D eigenvalue weighted by molar-refractivity contribution is 5.56. The molecule has 0 spiro atoms. The van der Waals surface area contributed by atoms with Crippen molar-refractivity contribution in [3.8, 4) is 6.07 Å². The molecule has 2 aromatic carbocycles. The first-order chi connectivity index (χ1) is 10.2. The lowest BCUT2D eigenvalue weighted by Gasteiger charge is -2.37. The van der Waals surface area contributed by atoms with Crippen LogP contribution in [0.5, 0.6) is 0 Å². The van der Waals surface area contributed by atoms with Gasteiger partial charge in [0.1, 0.15) is 0 Å². The fraction of sp³-hybridized carbons (Fsp3) is 0.316. The maximum atomic E-state index is 8.99. The lowest BCUT2D eigenvalue weighted by Crippen LogP contribution is -2.34. The molecule has 0 aromatic heterocycles. The van der Waals surface area contributed by atoms with E-state index in [0.717, 1.165) is 11.3 Å². The summed E-state index contributed by atoms with van der Waals surface area (Å²) in [5, 5.41) is 12.6. The zero-order valence-electron chi connectivity index (χ0n) is 12.6. The van der Waals surface area contributed by atoms with Crippen molar-refractivity contribution in [2.45, 2.75) is 38.6 Å². The zero-order valence-corrected chi connectivity index (χ0v) is 12.6. The number of hydrogen-bond acceptors (Lipinski definition) is 2. The van der Waals surface area contributed by atoms with Gasteiger partial charge in [0.25, 0.3) is 0 Å². The number of rotatable bonds is 3. The van der Waals surface area contributed by atoms with Gasteiger partial charge in [-0.2, -0.15) is 5.26 Å². The second-order valence-corrected chi connectivity index (χ2v) is 6.06. The van der Waals surface area contributed by atoms with Gasteiger partial charge in [-0.25, -0.2) is 0 Å². The van der Waals surface area contributed by atoms with Crippen LogP contribution in [0.1, 0.15) is 41.0 Å². The molecule has 3 rings (SSSR count). The van der Waals surface area contributed by atoms with Crippen molar-refractivity contribution in [3.63, 3.8) is 0 Å². The average molecular weight is 276 g/mol. The number of nitrogens with zero attached hydrogens (tertiary/aromatic N) is 1. The number of nitrogens with one attached hydrogen (secondary N) is 1. The zero-order chi connectivity index (χ0) is 14.8. The van der Waals surface area contributed by atoms with E-state index in [4.69, 9.17) is 5.26 Å². The number of anilines is 1. The third kappa shape index (κ3) is 2.92. The van der Waals surface area contributed by atoms with Crippen molar-refractivity contribution in [2.24, 2.45) is 0 Å². The Bertz CT molecular complexity index is 674. The molecule has 106 valence electrons. The van der Waals surface area contributed by atoms with Gasteiger partial charge in [-0.1, -0.05) is 35.9 Å². The third-order valence-corrected chi connectivity index (χ3v) is 4.41. The minimum Gasteiger partial charge on any atom is -0.382 e. The molecule has 0 atom stereocenters. The van der Waals surface area contributed by atoms with Crippen LogP contribution in [-0.2, 0) is 0 Å². The van der Waals surface area contributed by atoms with E-state index in [1.54, 1.807) is 0 Å². The summed E-state index contributed by atoms with van der Waals surface area (Å²) in [6, 6.07) is 17.4. The fourth-order valence-electron chi connectivity index (χ4n) is 2.91. The number of nitriles is 1. The second kappa shape index (κ2) is 5.61. The van der Waals surface area contributed by atoms with E-state index >= 15 is 0 Å². The first-order valence-corrected chi connectivity index (χ1v) is 7.49. The smallest absolute Gasteiger partial charge is 0.0992 e. The lowest BCUT2D eigenvalue weighted by molar-refractivity contribution is 0.374. The van der Waals surface area contributed by atoms with Crippen LogP contribution < -0.4 is 5.32 Å². The number of aryl methyl sites for hydroxylation is 2. The molecular weight excluding hydrogens is 256 g/mol. The number of benzene rings is 2. The van der Waals surface area contributed by atoms with Gasteiger partial charge in [-0.05, 0) is 55.9 Å². The molecule has 0 heterocycles. The normalized spacial score (nSPS) is 20.4. The predicted octanol–water partition coefficient (Wildman–Crippen LogP) is 4.53. The summed E-state index contributed by atoms with van der Waals surface area (Å²) in [5.41, 5.74) is 5.78. The molecule has 2 heteroatoms. The van der Waals surface area contributed by atoms with Crippen molar-refractivity contribution in [1.82, 2.24) is 0 Å². The van der Waals surface area contributed by atoms with Crippen molar-refractivity contribution in [1.29, 1.82) is 5.26 Å². The molecule has 1 aliphatic carbocycles. The van der Waals surface area contributed by atoms with Gasteiger partial charge < -0.3 is 5.32 Å². The Labute approximate surface area is 126 Å². The Balaban J connectivity index is 1.62. The van der Waals surface area contributed by atoms with E-state index in [1.807, 2.05) is 18.2 Å². The summed E-state index contributed by atoms with van der Waals surface area (Å²) in [4.78, 5) is 0. The standard InChI is InChI=1S/C19H20N2/c1-13-3-7-16(8-4-13)17-10-18(11-17)21-19-9-15(12-20)6-5-14(19)2/h3-9,17-18,21H,10-11H2,1-2H3. The lowest BCUT2D eigenvalue weighted by atomic mass is 9.75. The molecular formula is C19H20N2. The SMILES string of the molecule is Cc1ccc(C2CC(Nc3cc(C#N)ccc3C)C2)cc1. The van der Waals surface area contributed by atoms with Crippen molar-refractivity contribution in [2.75, 3.05) is 5.32 Å². The van der Waals surface area contributed by atoms with Gasteiger partial charge in [-0.15, -0.1) is 0 Å². The Morgan fingerprint density at radius 1 is 1.05 bits per heavy atom. The maximum absolute atomic E-state index is 8.99. The van der Waals surface area contributed by atoms with Crippen LogP contribution in [0.4, 0.5) is 5.69 Å². The minimum atomic E-state index is 0.518. The molecule has 1 aliphatic rings. The van der Waals surface area contributed by atoms with Crippen molar-refractivity contribution < 1.29 is 0 Å². The van der Waals surface area contributed by atoms with E-state index in [9.17, 15) is 0 Å². The predicted molar refractivity (Wildman–Crippen MR) is 86.5 cm³/mol. The molecule has 21 heavy (non-hydrogen) atoms. The highest BCUT2D eigenvalue weighted by atomic mass is 14.9. The van der Waals surface area contributed by atoms with Crippen molar-refractivity contribution in [3.05, 3.63) is 64.7 Å². The van der Waals surface area contributed by atoms with Crippen LogP contribution in [0.25, 0.3) is 0 Å². The van der Waals surface area contributed by atoms with E-state index in [2.05, 4.69) is 49.5 Å². The molecule has 0 aliphatic heterocycles. The number of hydrogen-bond donors (Lipinski definition) is 1. The second-order valence-electron chi connectivity index (χ2n) is 6.06. The first-order valence-electron chi connectivity index (χ1n) is 7.49. The molecule has 2 nitrogen and oxygen atoms in total. The van der Waals surface area contributed by atoms with Gasteiger partial charge in [0.05, 0.1) is 11.6 Å². The van der Waals surface area contributed by atoms with Crippen LogP contribution >= 0.6 is 0 Å². The largest absolute Gasteiger partial charge is 0.382 e. The van der Waals surface area contributed by atoms with E-state index in [-0.39, 0.29) is 0 Å². The minimum absolute atomic E-state index is 0.518. The average Bonchev–Trinajstić information content (AvgIpc) is 2.45. The van der Waals surface area contributed by atoms with Crippen LogP contribution in [0.3, 0.4) is 0 Å². The molecule has 0 bridgehead atoms. The Morgan fingerprint density at radius 2 is 1.76 bits per heavy atom. The molecule has 0 amide bonds. The Hall–Kier alpha value is -2.27. The molecule has 0 unspecified atom stereocenters. The monoisotopic (exact) mass is 276 g/mol. The molecule has 1 N–H and O–H groups in total. The first kappa shape index (κ1) is 13.7. The van der Waals surface area contributed by atoms with Crippen LogP contribution in [-0.4, -0.2) is 6.04 Å². The highest BCUT2D eigenvalue weighted by Crippen LogP contribution is 2.39. The topological polar surface area (TPSA) is 35.8 Å². The van der Waals surface area contributed by atoms with Crippen molar-refractivity contribution >= 4 is 5.69 Å². The molecule has 1 fully saturated rings. The maximum Gasteiger partial charge on any atom is 0.0992 e. The van der Waals surface area contributed by atoms with Gasteiger partial charge in [0, 0.05) is 11.7 Å². The molecule has 1 saturated carbocycles. The Morgan fingerprint density at radius 3 is 2.43 bits per heavy atom. The van der Waals surface area contributed by atoms with E-state index in [0.29, 0.717) is 12.0 Å². The molecule has 0 saturated heterocycles. The van der Waals surface area contributed by atoms with Crippen LogP contribution in [0.15, 0.2) is 42.5 Å². The highest BCUT2D eigenvalue weighted by Gasteiger charge is 2.30. The molecule has 2 aromatic rings. The van der Waals surface area contributed by atoms with E-state index < -0.39 is 0 Å². The van der Waals surface area contributed by atoms with Crippen LogP contribution in [0.2, 0.25) is 0 Å². The summed E-state index contributed by atoms with van der Waals surface area (Å²) in [6.07, 6.45) is 2.33. The summed E-state index contributed by atoms with van der Waals surface area (Å²) < 4.78 is 0. The quantitative estimate of drug-likeness (QED) is 0.893. The van der Waals surface area contributed by atoms with E-state index in [1.165, 1.54) is 29.5 Å². The fourth-order valence-corrected chi connectivity index (χ4v) is 2.91. The summed E-state index contributed by atoms with van der Waals surface area (Å²) in [6.45, 7) is 4.21. The summed E-state index contributed by atoms with van der Waals surface area (Å²) >= 11 is 0. The Kier molecular flexibility index (Phi) is 3.66. The molecule has 0 radical (unpaired) electrons. The summed E-state index contributed by atoms with van der Waals surface area (Å²) in [5.74, 6) is 0.669. The van der Waals surface area contributed by atoms with Gasteiger partial charge >= 0.3 is 0 Å². The van der Waals surface area contributed by atoms with Gasteiger partial charge in [-0.3, -0.25) is 0 Å².